The minimum absolute atomic E-state index is 0.278. The lowest BCUT2D eigenvalue weighted by molar-refractivity contribution is -0.123. The predicted octanol–water partition coefficient (Wildman–Crippen LogP) is 6.59. The number of ether oxygens (including phenoxy) is 2. The van der Waals surface area contributed by atoms with Crippen LogP contribution in [0.25, 0.3) is 10.8 Å². The Balaban J connectivity index is 1.32. The van der Waals surface area contributed by atoms with Crippen molar-refractivity contribution in [2.75, 3.05) is 13.2 Å². The van der Waals surface area contributed by atoms with Crippen LogP contribution >= 0.6 is 47.8 Å². The van der Waals surface area contributed by atoms with E-state index >= 15 is 0 Å². The average molecular weight is 677 g/mol. The summed E-state index contributed by atoms with van der Waals surface area (Å²) in [5.74, 6) is -0.0687. The summed E-state index contributed by atoms with van der Waals surface area (Å²) in [5.41, 5.74) is 6.24. The van der Waals surface area contributed by atoms with Crippen molar-refractivity contribution < 1.29 is 19.1 Å². The summed E-state index contributed by atoms with van der Waals surface area (Å²) in [6, 6.07) is 24.7. The molecule has 0 spiro atoms. The molecule has 0 fully saturated rings. The molecule has 2 amide bonds. The number of fused-ring (bicyclic) bond motifs is 1. The van der Waals surface area contributed by atoms with Crippen molar-refractivity contribution in [3.8, 4) is 11.5 Å². The molecule has 0 atom stereocenters. The van der Waals surface area contributed by atoms with Crippen LogP contribution in [0.2, 0.25) is 0 Å². The molecule has 0 aliphatic carbocycles. The SMILES string of the molecule is O=C(COc1ccc2cc(Br)ccc2c1Br)NNC(=O)c1cc(Br)ccc1OCCc1ccccc1. The van der Waals surface area contributed by atoms with E-state index in [-0.39, 0.29) is 6.61 Å². The van der Waals surface area contributed by atoms with Crippen molar-refractivity contribution in [1.29, 1.82) is 0 Å². The van der Waals surface area contributed by atoms with E-state index < -0.39 is 11.8 Å². The van der Waals surface area contributed by atoms with E-state index in [0.29, 0.717) is 34.6 Å². The zero-order valence-electron chi connectivity index (χ0n) is 18.9. The van der Waals surface area contributed by atoms with Gasteiger partial charge in [-0.05, 0) is 68.7 Å². The first-order valence-electron chi connectivity index (χ1n) is 11.0. The molecular weight excluding hydrogens is 656 g/mol. The van der Waals surface area contributed by atoms with Gasteiger partial charge in [-0.1, -0.05) is 74.3 Å². The molecule has 0 saturated heterocycles. The molecule has 184 valence electrons. The van der Waals surface area contributed by atoms with Crippen LogP contribution in [0.4, 0.5) is 0 Å². The summed E-state index contributed by atoms with van der Waals surface area (Å²) in [4.78, 5) is 25.1. The molecule has 0 aromatic heterocycles. The van der Waals surface area contributed by atoms with Gasteiger partial charge in [0.1, 0.15) is 11.5 Å². The Hall–Kier alpha value is -2.88. The minimum Gasteiger partial charge on any atom is -0.492 e. The third-order valence-electron chi connectivity index (χ3n) is 5.23. The second-order valence-corrected chi connectivity index (χ2v) is 10.4. The highest BCUT2D eigenvalue weighted by molar-refractivity contribution is 9.11. The molecule has 4 aromatic rings. The Labute approximate surface area is 233 Å². The van der Waals surface area contributed by atoms with Gasteiger partial charge in [-0.3, -0.25) is 20.4 Å². The number of hydrogen-bond acceptors (Lipinski definition) is 4. The average Bonchev–Trinajstić information content (AvgIpc) is 2.88. The summed E-state index contributed by atoms with van der Waals surface area (Å²) in [5, 5.41) is 1.98. The fourth-order valence-corrected chi connectivity index (χ4v) is 4.80. The Morgan fingerprint density at radius 3 is 2.28 bits per heavy atom. The normalized spacial score (nSPS) is 10.6. The Kier molecular flexibility index (Phi) is 9.01. The van der Waals surface area contributed by atoms with Gasteiger partial charge < -0.3 is 9.47 Å². The molecule has 2 N–H and O–H groups in total. The molecule has 0 unspecified atom stereocenters. The number of hydrazine groups is 1. The predicted molar refractivity (Wildman–Crippen MR) is 150 cm³/mol. The van der Waals surface area contributed by atoms with Crippen molar-refractivity contribution in [2.24, 2.45) is 0 Å². The molecule has 0 heterocycles. The maximum Gasteiger partial charge on any atom is 0.276 e. The van der Waals surface area contributed by atoms with Crippen LogP contribution in [-0.2, 0) is 11.2 Å². The van der Waals surface area contributed by atoms with E-state index in [1.54, 1.807) is 24.3 Å². The van der Waals surface area contributed by atoms with Crippen molar-refractivity contribution in [3.63, 3.8) is 0 Å². The molecular formula is C27H21Br3N2O4. The summed E-state index contributed by atoms with van der Waals surface area (Å²) >= 11 is 10.4. The smallest absolute Gasteiger partial charge is 0.276 e. The second-order valence-electron chi connectivity index (χ2n) is 7.76. The highest BCUT2D eigenvalue weighted by Crippen LogP contribution is 2.34. The molecule has 0 bridgehead atoms. The number of halogens is 3. The lowest BCUT2D eigenvalue weighted by Crippen LogP contribution is -2.44. The highest BCUT2D eigenvalue weighted by Gasteiger charge is 2.15. The van der Waals surface area contributed by atoms with E-state index in [2.05, 4.69) is 58.6 Å². The van der Waals surface area contributed by atoms with Gasteiger partial charge in [0, 0.05) is 15.4 Å². The van der Waals surface area contributed by atoms with Crippen molar-refractivity contribution in [3.05, 3.63) is 103 Å². The van der Waals surface area contributed by atoms with Crippen molar-refractivity contribution >= 4 is 70.4 Å². The van der Waals surface area contributed by atoms with Gasteiger partial charge >= 0.3 is 0 Å². The van der Waals surface area contributed by atoms with E-state index in [9.17, 15) is 9.59 Å². The highest BCUT2D eigenvalue weighted by atomic mass is 79.9. The largest absolute Gasteiger partial charge is 0.492 e. The Bertz CT molecular complexity index is 1400. The lowest BCUT2D eigenvalue weighted by atomic mass is 10.1. The first-order valence-corrected chi connectivity index (χ1v) is 13.3. The molecule has 6 nitrogen and oxygen atoms in total. The number of rotatable bonds is 8. The number of nitrogens with one attached hydrogen (secondary N) is 2. The van der Waals surface area contributed by atoms with Gasteiger partial charge in [0.05, 0.1) is 16.6 Å². The quantitative estimate of drug-likeness (QED) is 0.207. The summed E-state index contributed by atoms with van der Waals surface area (Å²) < 4.78 is 13.9. The molecule has 0 radical (unpaired) electrons. The molecule has 36 heavy (non-hydrogen) atoms. The molecule has 4 rings (SSSR count). The van der Waals surface area contributed by atoms with Crippen LogP contribution in [0.1, 0.15) is 15.9 Å². The fraction of sp³-hybridized carbons (Fsp3) is 0.111. The lowest BCUT2D eigenvalue weighted by Gasteiger charge is -2.14. The molecule has 0 aliphatic rings. The van der Waals surface area contributed by atoms with E-state index in [0.717, 1.165) is 25.3 Å². The third kappa shape index (κ3) is 6.87. The van der Waals surface area contributed by atoms with Gasteiger partial charge in [-0.25, -0.2) is 0 Å². The molecule has 4 aromatic carbocycles. The van der Waals surface area contributed by atoms with E-state index in [1.807, 2.05) is 54.6 Å². The number of carbonyl (C=O) groups is 2. The van der Waals surface area contributed by atoms with Gasteiger partial charge in [0.2, 0.25) is 0 Å². The van der Waals surface area contributed by atoms with Crippen LogP contribution < -0.4 is 20.3 Å². The van der Waals surface area contributed by atoms with E-state index in [4.69, 9.17) is 9.47 Å². The van der Waals surface area contributed by atoms with Crippen LogP contribution in [-0.4, -0.2) is 25.0 Å². The number of hydrogen-bond donors (Lipinski definition) is 2. The first kappa shape index (κ1) is 26.2. The van der Waals surface area contributed by atoms with Gasteiger partial charge in [0.25, 0.3) is 11.8 Å². The molecule has 0 aliphatic heterocycles. The third-order valence-corrected chi connectivity index (χ3v) is 7.04. The number of benzene rings is 4. The first-order chi connectivity index (χ1) is 17.4. The van der Waals surface area contributed by atoms with Crippen molar-refractivity contribution in [1.82, 2.24) is 10.9 Å². The topological polar surface area (TPSA) is 76.7 Å². The zero-order valence-corrected chi connectivity index (χ0v) is 23.7. The maximum absolute atomic E-state index is 12.8. The van der Waals surface area contributed by atoms with Crippen LogP contribution in [0.3, 0.4) is 0 Å². The van der Waals surface area contributed by atoms with Gasteiger partial charge in [-0.15, -0.1) is 0 Å². The standard InChI is InChI=1S/C27H21Br3N2O4/c28-19-7-9-21-18(14-19)6-10-24(26(21)30)36-16-25(33)31-32-27(34)22-15-20(29)8-11-23(22)35-13-12-17-4-2-1-3-5-17/h1-11,14-15H,12-13,16H2,(H,31,33)(H,32,34). The summed E-state index contributed by atoms with van der Waals surface area (Å²) in [6.07, 6.45) is 0.702. The summed E-state index contributed by atoms with van der Waals surface area (Å²) in [6.45, 7) is 0.129. The monoisotopic (exact) mass is 674 g/mol. The second kappa shape index (κ2) is 12.4. The Morgan fingerprint density at radius 2 is 1.47 bits per heavy atom. The van der Waals surface area contributed by atoms with E-state index in [1.165, 1.54) is 0 Å². The van der Waals surface area contributed by atoms with Gasteiger partial charge in [0.15, 0.2) is 6.61 Å². The minimum atomic E-state index is -0.507. The summed E-state index contributed by atoms with van der Waals surface area (Å²) in [7, 11) is 0. The fourth-order valence-electron chi connectivity index (χ4n) is 3.46. The zero-order chi connectivity index (χ0) is 25.5. The maximum atomic E-state index is 12.8. The van der Waals surface area contributed by atoms with Crippen molar-refractivity contribution in [2.45, 2.75) is 6.42 Å². The van der Waals surface area contributed by atoms with Crippen LogP contribution in [0, 0.1) is 0 Å². The number of amides is 2. The number of carbonyl (C=O) groups excluding carboxylic acids is 2. The van der Waals surface area contributed by atoms with Crippen LogP contribution in [0.5, 0.6) is 11.5 Å². The van der Waals surface area contributed by atoms with Crippen LogP contribution in [0.15, 0.2) is 92.3 Å². The molecule has 0 saturated carbocycles. The Morgan fingerprint density at radius 1 is 0.750 bits per heavy atom. The van der Waals surface area contributed by atoms with Gasteiger partial charge in [-0.2, -0.15) is 0 Å². The molecule has 9 heteroatoms.